The average Bonchev–Trinajstić information content (AvgIpc) is 3.17. The van der Waals surface area contributed by atoms with E-state index in [2.05, 4.69) is 29.1 Å². The predicted octanol–water partition coefficient (Wildman–Crippen LogP) is 6.54. The van der Waals surface area contributed by atoms with E-state index in [9.17, 15) is 0 Å². The van der Waals surface area contributed by atoms with Crippen LogP contribution in [-0.4, -0.2) is 30.4 Å². The summed E-state index contributed by atoms with van der Waals surface area (Å²) in [4.78, 5) is 0. The van der Waals surface area contributed by atoms with Crippen molar-refractivity contribution in [3.8, 4) is 0 Å². The molecule has 1 aromatic heterocycles. The van der Waals surface area contributed by atoms with Gasteiger partial charge in [-0.3, -0.25) is 0 Å². The molecule has 0 saturated carbocycles. The maximum atomic E-state index is 5.78. The molecule has 158 valence electrons. The van der Waals surface area contributed by atoms with E-state index < -0.39 is 5.97 Å². The summed E-state index contributed by atoms with van der Waals surface area (Å²) in [6, 6.07) is 4.20. The van der Waals surface area contributed by atoms with Crippen LogP contribution in [0.2, 0.25) is 0 Å². The molecule has 4 heteroatoms. The van der Waals surface area contributed by atoms with Crippen molar-refractivity contribution in [3.63, 3.8) is 0 Å². The zero-order chi connectivity index (χ0) is 19.6. The monoisotopic (exact) mass is 381 g/mol. The molecular formula is C23H43NO3. The summed E-state index contributed by atoms with van der Waals surface area (Å²) in [6.07, 6.45) is 18.3. The van der Waals surface area contributed by atoms with E-state index in [4.69, 9.17) is 14.2 Å². The molecule has 0 amide bonds. The molecule has 0 bridgehead atoms. The second-order valence-electron chi connectivity index (χ2n) is 7.19. The summed E-state index contributed by atoms with van der Waals surface area (Å²) in [7, 11) is 0. The van der Waals surface area contributed by atoms with Crippen molar-refractivity contribution in [1.82, 2.24) is 4.57 Å². The molecule has 0 unspecified atom stereocenters. The van der Waals surface area contributed by atoms with Gasteiger partial charge in [0.1, 0.15) is 0 Å². The smallest absolute Gasteiger partial charge is 0.282 e. The van der Waals surface area contributed by atoms with Gasteiger partial charge in [-0.15, -0.1) is 0 Å². The summed E-state index contributed by atoms with van der Waals surface area (Å²) >= 11 is 0. The minimum absolute atomic E-state index is 0.617. The first-order valence-electron chi connectivity index (χ1n) is 11.3. The van der Waals surface area contributed by atoms with E-state index in [1.54, 1.807) is 0 Å². The van der Waals surface area contributed by atoms with Crippen molar-refractivity contribution in [2.24, 2.45) is 0 Å². The van der Waals surface area contributed by atoms with E-state index in [-0.39, 0.29) is 0 Å². The maximum absolute atomic E-state index is 5.78. The van der Waals surface area contributed by atoms with E-state index in [0.717, 1.165) is 12.8 Å². The highest BCUT2D eigenvalue weighted by molar-refractivity contribution is 4.89. The second-order valence-corrected chi connectivity index (χ2v) is 7.19. The lowest BCUT2D eigenvalue weighted by molar-refractivity contribution is -0.380. The number of nitrogens with zero attached hydrogens (tertiary/aromatic N) is 1. The zero-order valence-electron chi connectivity index (χ0n) is 18.1. The summed E-state index contributed by atoms with van der Waals surface area (Å²) in [5.41, 5.74) is 0. The number of rotatable bonds is 19. The van der Waals surface area contributed by atoms with Crippen molar-refractivity contribution >= 4 is 0 Å². The van der Waals surface area contributed by atoms with Crippen LogP contribution in [0.15, 0.2) is 24.5 Å². The molecule has 0 aromatic carbocycles. The molecule has 0 aliphatic carbocycles. The molecular weight excluding hydrogens is 338 g/mol. The van der Waals surface area contributed by atoms with Gasteiger partial charge in [0, 0.05) is 45.2 Å². The number of aromatic nitrogens is 1. The maximum Gasteiger partial charge on any atom is 0.282 e. The molecule has 0 fully saturated rings. The van der Waals surface area contributed by atoms with Crippen LogP contribution in [0.25, 0.3) is 0 Å². The Kier molecular flexibility index (Phi) is 14.5. The summed E-state index contributed by atoms with van der Waals surface area (Å²) in [5, 5.41) is 0. The van der Waals surface area contributed by atoms with Crippen LogP contribution < -0.4 is 0 Å². The Hall–Kier alpha value is -0.840. The van der Waals surface area contributed by atoms with Gasteiger partial charge in [0.2, 0.25) is 0 Å². The largest absolute Gasteiger partial charge is 0.354 e. The normalized spacial score (nSPS) is 12.0. The van der Waals surface area contributed by atoms with Crippen molar-refractivity contribution in [1.29, 1.82) is 0 Å². The Bertz CT molecular complexity index is 402. The third-order valence-corrected chi connectivity index (χ3v) is 4.91. The fourth-order valence-corrected chi connectivity index (χ4v) is 3.57. The highest BCUT2D eigenvalue weighted by Crippen LogP contribution is 2.24. The van der Waals surface area contributed by atoms with Crippen LogP contribution in [-0.2, 0) is 20.8 Å². The first-order valence-corrected chi connectivity index (χ1v) is 11.3. The summed E-state index contributed by atoms with van der Waals surface area (Å²) in [5.74, 6) is -0.821. The molecule has 1 rings (SSSR count). The van der Waals surface area contributed by atoms with Crippen LogP contribution in [0.3, 0.4) is 0 Å². The molecule has 0 aliphatic heterocycles. The quantitative estimate of drug-likeness (QED) is 0.201. The lowest BCUT2D eigenvalue weighted by Gasteiger charge is -2.32. The average molecular weight is 382 g/mol. The SMILES string of the molecule is CCOC(CCCCCCCCCCCCn1cccc1)(OCC)OCC. The Morgan fingerprint density at radius 2 is 1.00 bits per heavy atom. The lowest BCUT2D eigenvalue weighted by atomic mass is 10.1. The van der Waals surface area contributed by atoms with E-state index in [1.807, 2.05) is 20.8 Å². The van der Waals surface area contributed by atoms with Gasteiger partial charge in [0.25, 0.3) is 5.97 Å². The Morgan fingerprint density at radius 1 is 0.593 bits per heavy atom. The number of aryl methyl sites for hydroxylation is 1. The van der Waals surface area contributed by atoms with E-state index in [1.165, 1.54) is 64.3 Å². The highest BCUT2D eigenvalue weighted by atomic mass is 16.9. The summed E-state index contributed by atoms with van der Waals surface area (Å²) < 4.78 is 19.6. The number of hydrogen-bond donors (Lipinski definition) is 0. The molecule has 1 heterocycles. The Morgan fingerprint density at radius 3 is 1.44 bits per heavy atom. The topological polar surface area (TPSA) is 32.6 Å². The Balaban J connectivity index is 1.94. The molecule has 0 radical (unpaired) electrons. The molecule has 4 nitrogen and oxygen atoms in total. The Labute approximate surface area is 167 Å². The lowest BCUT2D eigenvalue weighted by Crippen LogP contribution is -2.39. The van der Waals surface area contributed by atoms with Crippen LogP contribution >= 0.6 is 0 Å². The van der Waals surface area contributed by atoms with Gasteiger partial charge in [0.05, 0.1) is 0 Å². The fraction of sp³-hybridized carbons (Fsp3) is 0.826. The van der Waals surface area contributed by atoms with Crippen LogP contribution in [0.1, 0.15) is 91.4 Å². The van der Waals surface area contributed by atoms with Crippen LogP contribution in [0, 0.1) is 0 Å². The van der Waals surface area contributed by atoms with Crippen molar-refractivity contribution in [2.75, 3.05) is 19.8 Å². The molecule has 27 heavy (non-hydrogen) atoms. The minimum Gasteiger partial charge on any atom is -0.354 e. The fourth-order valence-electron chi connectivity index (χ4n) is 3.57. The van der Waals surface area contributed by atoms with Crippen molar-refractivity contribution in [3.05, 3.63) is 24.5 Å². The van der Waals surface area contributed by atoms with Gasteiger partial charge in [-0.2, -0.15) is 0 Å². The number of hydrogen-bond acceptors (Lipinski definition) is 3. The van der Waals surface area contributed by atoms with E-state index in [0.29, 0.717) is 19.8 Å². The van der Waals surface area contributed by atoms with Gasteiger partial charge in [-0.1, -0.05) is 51.4 Å². The van der Waals surface area contributed by atoms with Crippen LogP contribution in [0.4, 0.5) is 0 Å². The van der Waals surface area contributed by atoms with Gasteiger partial charge in [0.15, 0.2) is 0 Å². The third-order valence-electron chi connectivity index (χ3n) is 4.91. The minimum atomic E-state index is -0.821. The van der Waals surface area contributed by atoms with Gasteiger partial charge < -0.3 is 18.8 Å². The molecule has 0 saturated heterocycles. The molecule has 0 spiro atoms. The van der Waals surface area contributed by atoms with Crippen molar-refractivity contribution < 1.29 is 14.2 Å². The van der Waals surface area contributed by atoms with Gasteiger partial charge in [-0.05, 0) is 45.7 Å². The predicted molar refractivity (Wildman–Crippen MR) is 113 cm³/mol. The second kappa shape index (κ2) is 16.1. The van der Waals surface area contributed by atoms with Gasteiger partial charge in [-0.25, -0.2) is 0 Å². The number of unbranched alkanes of at least 4 members (excludes halogenated alkanes) is 9. The first kappa shape index (κ1) is 24.2. The third kappa shape index (κ3) is 11.6. The van der Waals surface area contributed by atoms with Crippen molar-refractivity contribution in [2.45, 2.75) is 104 Å². The molecule has 1 aromatic rings. The highest BCUT2D eigenvalue weighted by Gasteiger charge is 2.31. The number of ether oxygens (including phenoxy) is 3. The molecule has 0 aliphatic rings. The zero-order valence-corrected chi connectivity index (χ0v) is 18.1. The molecule has 0 atom stereocenters. The summed E-state index contributed by atoms with van der Waals surface area (Å²) in [6.45, 7) is 9.00. The van der Waals surface area contributed by atoms with Crippen LogP contribution in [0.5, 0.6) is 0 Å². The van der Waals surface area contributed by atoms with Gasteiger partial charge >= 0.3 is 0 Å². The first-order chi connectivity index (χ1) is 13.3. The standard InChI is InChI=1S/C23H43NO3/c1-4-25-23(26-5-2,27-6-3)19-15-13-11-9-7-8-10-12-14-16-20-24-21-17-18-22-24/h17-18,21-22H,4-16,19-20H2,1-3H3. The van der Waals surface area contributed by atoms with E-state index >= 15 is 0 Å². The molecule has 0 N–H and O–H groups in total.